The zero-order chi connectivity index (χ0) is 16.5. The Hall–Kier alpha value is -0.770. The van der Waals surface area contributed by atoms with E-state index >= 15 is 0 Å². The van der Waals surface area contributed by atoms with Gasteiger partial charge in [0.05, 0.1) is 12.7 Å². The Morgan fingerprint density at radius 1 is 1.04 bits per heavy atom. The summed E-state index contributed by atoms with van der Waals surface area (Å²) < 4.78 is 6.04. The van der Waals surface area contributed by atoms with E-state index in [1.807, 2.05) is 0 Å². The average molecular weight is 335 g/mol. The van der Waals surface area contributed by atoms with Gasteiger partial charge in [-0.05, 0) is 68.6 Å². The van der Waals surface area contributed by atoms with Crippen LogP contribution in [0.5, 0.6) is 0 Å². The molecule has 3 aliphatic carbocycles. The molecule has 2 heterocycles. The van der Waals surface area contributed by atoms with Gasteiger partial charge in [0.25, 0.3) is 0 Å². The van der Waals surface area contributed by atoms with Crippen LogP contribution in [0.3, 0.4) is 0 Å². The second-order valence-electron chi connectivity index (χ2n) is 8.99. The van der Waals surface area contributed by atoms with Gasteiger partial charge in [-0.3, -0.25) is 0 Å². The summed E-state index contributed by atoms with van der Waals surface area (Å²) in [6.07, 6.45) is 12.2. The fourth-order valence-corrected chi connectivity index (χ4v) is 6.03. The standard InChI is InChI=1S/C20H34N2O2/c1-14-4-2-3-5-19(14)24-7-6-21-20(23)22-13-17-9-15-8-16(10-17)12-18(22)11-15/h14-19H,2-13H2,1H3,(H,21,23)/t14-,15-,16+,17?,18?,19+/m1/s1. The molecule has 3 saturated carbocycles. The van der Waals surface area contributed by atoms with Gasteiger partial charge >= 0.3 is 6.03 Å². The zero-order valence-corrected chi connectivity index (χ0v) is 15.2. The average Bonchev–Trinajstić information content (AvgIpc) is 2.76. The number of hydrogen-bond acceptors (Lipinski definition) is 2. The van der Waals surface area contributed by atoms with Gasteiger partial charge < -0.3 is 15.0 Å². The lowest BCUT2D eigenvalue weighted by atomic mass is 9.68. The highest BCUT2D eigenvalue weighted by Crippen LogP contribution is 2.47. The first-order chi connectivity index (χ1) is 11.7. The molecule has 0 aromatic heterocycles. The second-order valence-corrected chi connectivity index (χ2v) is 8.99. The van der Waals surface area contributed by atoms with Crippen LogP contribution in [0.4, 0.5) is 4.79 Å². The van der Waals surface area contributed by atoms with Gasteiger partial charge in [-0.15, -0.1) is 0 Å². The number of nitrogens with zero attached hydrogens (tertiary/aromatic N) is 1. The topological polar surface area (TPSA) is 41.6 Å². The van der Waals surface area contributed by atoms with Crippen LogP contribution in [0.15, 0.2) is 0 Å². The highest BCUT2D eigenvalue weighted by atomic mass is 16.5. The van der Waals surface area contributed by atoms with Crippen LogP contribution in [-0.2, 0) is 4.74 Å². The van der Waals surface area contributed by atoms with E-state index in [-0.39, 0.29) is 6.03 Å². The maximum Gasteiger partial charge on any atom is 0.317 e. The SMILES string of the molecule is C[C@@H]1CCCC[C@@H]1OCCNC(=O)N1CC2C[C@@H]3CC1C[C@H](C2)C3. The lowest BCUT2D eigenvalue weighted by Gasteiger charge is -2.38. The van der Waals surface area contributed by atoms with E-state index in [0.717, 1.165) is 24.3 Å². The van der Waals surface area contributed by atoms with Crippen molar-refractivity contribution in [2.24, 2.45) is 23.7 Å². The number of amides is 2. The molecule has 0 aromatic rings. The molecule has 4 nitrogen and oxygen atoms in total. The molecular formula is C20H34N2O2. The van der Waals surface area contributed by atoms with Crippen LogP contribution in [0.2, 0.25) is 0 Å². The summed E-state index contributed by atoms with van der Waals surface area (Å²) in [5.41, 5.74) is 0. The molecule has 6 atom stereocenters. The van der Waals surface area contributed by atoms with Gasteiger partial charge in [0.2, 0.25) is 0 Å². The number of nitrogens with one attached hydrogen (secondary N) is 1. The van der Waals surface area contributed by atoms with Crippen molar-refractivity contribution in [2.75, 3.05) is 19.7 Å². The normalized spacial score (nSPS) is 41.3. The van der Waals surface area contributed by atoms with Crippen LogP contribution < -0.4 is 5.32 Å². The maximum atomic E-state index is 12.7. The molecule has 136 valence electrons. The molecule has 2 amide bonds. The van der Waals surface area contributed by atoms with E-state index in [9.17, 15) is 4.79 Å². The minimum Gasteiger partial charge on any atom is -0.376 e. The number of hydrogen-bond donors (Lipinski definition) is 1. The van der Waals surface area contributed by atoms with Crippen molar-refractivity contribution in [3.8, 4) is 0 Å². The molecule has 24 heavy (non-hydrogen) atoms. The Morgan fingerprint density at radius 2 is 1.75 bits per heavy atom. The number of carbonyl (C=O) groups excluding carboxylic acids is 1. The quantitative estimate of drug-likeness (QED) is 0.795. The number of rotatable bonds is 4. The minimum atomic E-state index is 0.161. The molecule has 5 rings (SSSR count). The fourth-order valence-electron chi connectivity index (χ4n) is 6.03. The minimum absolute atomic E-state index is 0.161. The molecule has 4 heteroatoms. The van der Waals surface area contributed by atoms with E-state index in [1.165, 1.54) is 57.8 Å². The van der Waals surface area contributed by atoms with Crippen molar-refractivity contribution < 1.29 is 9.53 Å². The molecule has 0 spiro atoms. The number of ether oxygens (including phenoxy) is 1. The Bertz CT molecular complexity index is 441. The van der Waals surface area contributed by atoms with Crippen LogP contribution in [0.1, 0.15) is 64.7 Å². The second kappa shape index (κ2) is 7.23. The molecule has 5 aliphatic rings. The third-order valence-corrected chi connectivity index (χ3v) is 7.11. The molecule has 1 N–H and O–H groups in total. The molecule has 2 unspecified atom stereocenters. The van der Waals surface area contributed by atoms with Gasteiger partial charge in [0.15, 0.2) is 0 Å². The van der Waals surface area contributed by atoms with Gasteiger partial charge in [0, 0.05) is 19.1 Å². The van der Waals surface area contributed by atoms with Crippen LogP contribution in [-0.4, -0.2) is 42.8 Å². The molecule has 0 aromatic carbocycles. The number of carbonyl (C=O) groups is 1. The van der Waals surface area contributed by atoms with Crippen molar-refractivity contribution in [1.29, 1.82) is 0 Å². The van der Waals surface area contributed by atoms with E-state index in [0.29, 0.717) is 31.2 Å². The highest BCUT2D eigenvalue weighted by molar-refractivity contribution is 5.74. The molecule has 2 saturated heterocycles. The lowest BCUT2D eigenvalue weighted by Crippen LogP contribution is -2.48. The predicted molar refractivity (Wildman–Crippen MR) is 94.8 cm³/mol. The largest absolute Gasteiger partial charge is 0.376 e. The Labute approximate surface area is 146 Å². The smallest absolute Gasteiger partial charge is 0.317 e. The summed E-state index contributed by atoms with van der Waals surface area (Å²) in [4.78, 5) is 14.9. The lowest BCUT2D eigenvalue weighted by molar-refractivity contribution is -0.00287. The molecule has 0 radical (unpaired) electrons. The summed E-state index contributed by atoms with van der Waals surface area (Å²) >= 11 is 0. The summed E-state index contributed by atoms with van der Waals surface area (Å²) in [5, 5.41) is 3.14. The fraction of sp³-hybridized carbons (Fsp3) is 0.950. The number of urea groups is 1. The highest BCUT2D eigenvalue weighted by Gasteiger charge is 2.43. The van der Waals surface area contributed by atoms with Crippen molar-refractivity contribution in [3.05, 3.63) is 0 Å². The summed E-state index contributed by atoms with van der Waals surface area (Å²) in [6.45, 7) is 4.60. The third-order valence-electron chi connectivity index (χ3n) is 7.11. The van der Waals surface area contributed by atoms with Crippen molar-refractivity contribution in [2.45, 2.75) is 76.9 Å². The maximum absolute atomic E-state index is 12.7. The van der Waals surface area contributed by atoms with Crippen molar-refractivity contribution in [1.82, 2.24) is 10.2 Å². The zero-order valence-electron chi connectivity index (χ0n) is 15.2. The summed E-state index contributed by atoms with van der Waals surface area (Å²) in [7, 11) is 0. The van der Waals surface area contributed by atoms with Crippen molar-refractivity contribution >= 4 is 6.03 Å². The molecule has 2 aliphatic heterocycles. The van der Waals surface area contributed by atoms with Crippen LogP contribution >= 0.6 is 0 Å². The first kappa shape index (κ1) is 16.7. The summed E-state index contributed by atoms with van der Waals surface area (Å²) in [5.74, 6) is 3.21. The van der Waals surface area contributed by atoms with E-state index in [1.54, 1.807) is 0 Å². The Balaban J connectivity index is 1.23. The van der Waals surface area contributed by atoms with Gasteiger partial charge in [0.1, 0.15) is 0 Å². The first-order valence-corrected chi connectivity index (χ1v) is 10.3. The van der Waals surface area contributed by atoms with E-state index in [2.05, 4.69) is 17.1 Å². The third kappa shape index (κ3) is 3.58. The van der Waals surface area contributed by atoms with E-state index < -0.39 is 0 Å². The van der Waals surface area contributed by atoms with Crippen molar-refractivity contribution in [3.63, 3.8) is 0 Å². The molecule has 5 fully saturated rings. The Morgan fingerprint density at radius 3 is 2.50 bits per heavy atom. The number of fused-ring (bicyclic) bond motifs is 1. The predicted octanol–water partition coefficient (Wildman–Crippen LogP) is 3.80. The summed E-state index contributed by atoms with van der Waals surface area (Å²) in [6, 6.07) is 0.661. The van der Waals surface area contributed by atoms with Crippen LogP contribution in [0.25, 0.3) is 0 Å². The van der Waals surface area contributed by atoms with Gasteiger partial charge in [-0.25, -0.2) is 4.79 Å². The first-order valence-electron chi connectivity index (χ1n) is 10.3. The van der Waals surface area contributed by atoms with E-state index in [4.69, 9.17) is 4.74 Å². The van der Waals surface area contributed by atoms with Gasteiger partial charge in [-0.1, -0.05) is 19.8 Å². The molecular weight excluding hydrogens is 300 g/mol. The van der Waals surface area contributed by atoms with Crippen LogP contribution in [0, 0.1) is 23.7 Å². The monoisotopic (exact) mass is 334 g/mol. The molecule has 4 bridgehead atoms. The Kier molecular flexibility index (Phi) is 5.03. The van der Waals surface area contributed by atoms with Gasteiger partial charge in [-0.2, -0.15) is 0 Å².